The summed E-state index contributed by atoms with van der Waals surface area (Å²) in [6, 6.07) is 10.9. The summed E-state index contributed by atoms with van der Waals surface area (Å²) in [7, 11) is 3.35. The normalized spacial score (nSPS) is 16.4. The predicted molar refractivity (Wildman–Crippen MR) is 105 cm³/mol. The lowest BCUT2D eigenvalue weighted by molar-refractivity contribution is 0.0160. The second-order valence-corrected chi connectivity index (χ2v) is 7.79. The summed E-state index contributed by atoms with van der Waals surface area (Å²) in [6.07, 6.45) is 0. The van der Waals surface area contributed by atoms with Crippen molar-refractivity contribution in [1.29, 1.82) is 0 Å². The topological polar surface area (TPSA) is 43.0 Å². The van der Waals surface area contributed by atoms with E-state index >= 15 is 0 Å². The first kappa shape index (κ1) is 19.2. The minimum atomic E-state index is 0.278. The smallest absolute Gasteiger partial charge is 0.161 e. The summed E-state index contributed by atoms with van der Waals surface area (Å²) in [5, 5.41) is 3.63. The number of benzene rings is 1. The second-order valence-electron chi connectivity index (χ2n) is 6.42. The highest BCUT2D eigenvalue weighted by Gasteiger charge is 2.23. The van der Waals surface area contributed by atoms with E-state index in [1.807, 2.05) is 17.4 Å². The molecule has 1 atom stereocenters. The van der Waals surface area contributed by atoms with Crippen molar-refractivity contribution in [2.24, 2.45) is 0 Å². The van der Waals surface area contributed by atoms with Crippen molar-refractivity contribution in [3.8, 4) is 11.5 Å². The zero-order chi connectivity index (χ0) is 18.4. The van der Waals surface area contributed by atoms with E-state index in [1.54, 1.807) is 14.2 Å². The Morgan fingerprint density at radius 3 is 2.54 bits per heavy atom. The summed E-state index contributed by atoms with van der Waals surface area (Å²) in [6.45, 7) is 7.38. The first-order chi connectivity index (χ1) is 12.7. The molecule has 1 unspecified atom stereocenters. The van der Waals surface area contributed by atoms with E-state index in [0.29, 0.717) is 0 Å². The summed E-state index contributed by atoms with van der Waals surface area (Å²) < 4.78 is 16.4. The van der Waals surface area contributed by atoms with Crippen LogP contribution >= 0.6 is 11.3 Å². The van der Waals surface area contributed by atoms with Crippen LogP contribution in [-0.2, 0) is 11.3 Å². The Labute approximate surface area is 159 Å². The average molecular weight is 377 g/mol. The summed E-state index contributed by atoms with van der Waals surface area (Å²) in [5.74, 6) is 1.54. The Balaban J connectivity index is 1.74. The van der Waals surface area contributed by atoms with Crippen molar-refractivity contribution >= 4 is 11.3 Å². The number of nitrogens with zero attached hydrogens (tertiary/aromatic N) is 1. The molecular weight excluding hydrogens is 348 g/mol. The van der Waals surface area contributed by atoms with Crippen molar-refractivity contribution in [1.82, 2.24) is 10.2 Å². The van der Waals surface area contributed by atoms with Gasteiger partial charge < -0.3 is 19.5 Å². The number of thiophene rings is 1. The van der Waals surface area contributed by atoms with E-state index in [1.165, 1.54) is 15.3 Å². The average Bonchev–Trinajstić information content (AvgIpc) is 3.10. The van der Waals surface area contributed by atoms with Crippen LogP contribution in [0.1, 0.15) is 21.4 Å². The quantitative estimate of drug-likeness (QED) is 0.766. The molecule has 0 radical (unpaired) electrons. The molecular formula is C20H28N2O3S. The van der Waals surface area contributed by atoms with Crippen molar-refractivity contribution in [2.75, 3.05) is 47.1 Å². The maximum Gasteiger partial charge on any atom is 0.161 e. The molecule has 0 amide bonds. The third kappa shape index (κ3) is 4.76. The number of nitrogens with one attached hydrogen (secondary N) is 1. The predicted octanol–water partition coefficient (Wildman–Crippen LogP) is 3.24. The van der Waals surface area contributed by atoms with E-state index in [9.17, 15) is 0 Å². The highest BCUT2D eigenvalue weighted by molar-refractivity contribution is 7.11. The van der Waals surface area contributed by atoms with Crippen molar-refractivity contribution in [3.05, 3.63) is 45.6 Å². The Morgan fingerprint density at radius 1 is 1.12 bits per heavy atom. The minimum Gasteiger partial charge on any atom is -0.493 e. The Hall–Kier alpha value is -1.60. The van der Waals surface area contributed by atoms with Gasteiger partial charge in [0.1, 0.15) is 0 Å². The monoisotopic (exact) mass is 376 g/mol. The van der Waals surface area contributed by atoms with Gasteiger partial charge in [-0.05, 0) is 36.8 Å². The fourth-order valence-electron chi connectivity index (χ4n) is 3.32. The van der Waals surface area contributed by atoms with Crippen LogP contribution in [0.2, 0.25) is 0 Å². The number of hydrogen-bond donors (Lipinski definition) is 1. The van der Waals surface area contributed by atoms with Crippen LogP contribution in [0.5, 0.6) is 11.5 Å². The molecule has 26 heavy (non-hydrogen) atoms. The number of hydrogen-bond acceptors (Lipinski definition) is 6. The number of ether oxygens (including phenoxy) is 3. The Morgan fingerprint density at radius 2 is 1.88 bits per heavy atom. The van der Waals surface area contributed by atoms with Gasteiger partial charge in [0.15, 0.2) is 11.5 Å². The molecule has 1 aromatic carbocycles. The lowest BCUT2D eigenvalue weighted by Crippen LogP contribution is -2.42. The Bertz CT molecular complexity index is 698. The van der Waals surface area contributed by atoms with Gasteiger partial charge in [-0.15, -0.1) is 11.3 Å². The molecule has 0 saturated carbocycles. The molecule has 1 fully saturated rings. The van der Waals surface area contributed by atoms with Gasteiger partial charge in [0, 0.05) is 42.0 Å². The van der Waals surface area contributed by atoms with Crippen LogP contribution < -0.4 is 14.8 Å². The summed E-state index contributed by atoms with van der Waals surface area (Å²) in [4.78, 5) is 5.21. The van der Waals surface area contributed by atoms with Gasteiger partial charge >= 0.3 is 0 Å². The molecule has 1 aromatic heterocycles. The molecule has 2 heterocycles. The molecule has 142 valence electrons. The van der Waals surface area contributed by atoms with E-state index < -0.39 is 0 Å². The first-order valence-electron chi connectivity index (χ1n) is 9.01. The van der Waals surface area contributed by atoms with Gasteiger partial charge in [-0.2, -0.15) is 0 Å². The highest BCUT2D eigenvalue weighted by Crippen LogP contribution is 2.32. The lowest BCUT2D eigenvalue weighted by Gasteiger charge is -2.35. The number of aryl methyl sites for hydroxylation is 1. The first-order valence-corrected chi connectivity index (χ1v) is 9.82. The van der Waals surface area contributed by atoms with E-state index in [-0.39, 0.29) is 6.04 Å². The van der Waals surface area contributed by atoms with Crippen LogP contribution in [0.4, 0.5) is 0 Å². The van der Waals surface area contributed by atoms with Gasteiger partial charge in [-0.25, -0.2) is 0 Å². The van der Waals surface area contributed by atoms with Gasteiger partial charge in [-0.3, -0.25) is 4.90 Å². The SMILES string of the molecule is COc1ccc(C(CNCc2ccc(C)s2)N2CCOCC2)cc1OC. The number of rotatable bonds is 8. The summed E-state index contributed by atoms with van der Waals surface area (Å²) >= 11 is 1.85. The van der Waals surface area contributed by atoms with Crippen LogP contribution in [-0.4, -0.2) is 52.0 Å². The fraction of sp³-hybridized carbons (Fsp3) is 0.500. The molecule has 0 spiro atoms. The molecule has 2 aromatic rings. The van der Waals surface area contributed by atoms with E-state index in [4.69, 9.17) is 14.2 Å². The molecule has 3 rings (SSSR count). The zero-order valence-corrected chi connectivity index (χ0v) is 16.6. The molecule has 1 aliphatic heterocycles. The number of methoxy groups -OCH3 is 2. The minimum absolute atomic E-state index is 0.278. The standard InChI is InChI=1S/C20H28N2O3S/c1-15-4-6-17(26-15)13-21-14-18(22-8-10-25-11-9-22)16-5-7-19(23-2)20(12-16)24-3/h4-7,12,18,21H,8-11,13-14H2,1-3H3. The van der Waals surface area contributed by atoms with Crippen LogP contribution in [0.15, 0.2) is 30.3 Å². The second kappa shape index (κ2) is 9.37. The zero-order valence-electron chi connectivity index (χ0n) is 15.8. The highest BCUT2D eigenvalue weighted by atomic mass is 32.1. The molecule has 1 saturated heterocycles. The molecule has 1 N–H and O–H groups in total. The van der Waals surface area contributed by atoms with Gasteiger partial charge in [-0.1, -0.05) is 6.07 Å². The van der Waals surface area contributed by atoms with Crippen molar-refractivity contribution in [2.45, 2.75) is 19.5 Å². The van der Waals surface area contributed by atoms with Crippen molar-refractivity contribution < 1.29 is 14.2 Å². The van der Waals surface area contributed by atoms with Gasteiger partial charge in [0.2, 0.25) is 0 Å². The molecule has 0 bridgehead atoms. The molecule has 1 aliphatic rings. The molecule has 0 aliphatic carbocycles. The molecule has 6 heteroatoms. The van der Waals surface area contributed by atoms with Gasteiger partial charge in [0.25, 0.3) is 0 Å². The maximum absolute atomic E-state index is 5.54. The third-order valence-electron chi connectivity index (χ3n) is 4.71. The fourth-order valence-corrected chi connectivity index (χ4v) is 4.18. The van der Waals surface area contributed by atoms with Crippen molar-refractivity contribution in [3.63, 3.8) is 0 Å². The summed E-state index contributed by atoms with van der Waals surface area (Å²) in [5.41, 5.74) is 1.24. The molecule has 5 nitrogen and oxygen atoms in total. The largest absolute Gasteiger partial charge is 0.493 e. The van der Waals surface area contributed by atoms with Crippen LogP contribution in [0.25, 0.3) is 0 Å². The Kier molecular flexibility index (Phi) is 6.91. The number of morpholine rings is 1. The third-order valence-corrected chi connectivity index (χ3v) is 5.71. The lowest BCUT2D eigenvalue weighted by atomic mass is 10.0. The van der Waals surface area contributed by atoms with Crippen LogP contribution in [0, 0.1) is 6.92 Å². The van der Waals surface area contributed by atoms with E-state index in [0.717, 1.165) is 50.9 Å². The van der Waals surface area contributed by atoms with E-state index in [2.05, 4.69) is 41.4 Å². The maximum atomic E-state index is 5.54. The van der Waals surface area contributed by atoms with Crippen LogP contribution in [0.3, 0.4) is 0 Å². The van der Waals surface area contributed by atoms with Gasteiger partial charge in [0.05, 0.1) is 27.4 Å².